The van der Waals surface area contributed by atoms with Gasteiger partial charge in [-0.05, 0) is 31.3 Å². The molecule has 4 aromatic rings. The van der Waals surface area contributed by atoms with Gasteiger partial charge in [-0.2, -0.15) is 5.10 Å². The Kier molecular flexibility index (Phi) is 4.80. The highest BCUT2D eigenvalue weighted by Gasteiger charge is 2.16. The highest BCUT2D eigenvalue weighted by Crippen LogP contribution is 2.31. The average Bonchev–Trinajstić information content (AvgIpc) is 3.23. The maximum atomic E-state index is 5.47. The van der Waals surface area contributed by atoms with Crippen LogP contribution in [0.3, 0.4) is 0 Å². The van der Waals surface area contributed by atoms with E-state index in [2.05, 4.69) is 56.3 Å². The van der Waals surface area contributed by atoms with Crippen molar-refractivity contribution in [3.05, 3.63) is 54.7 Å². The Morgan fingerprint density at radius 2 is 1.73 bits per heavy atom. The van der Waals surface area contributed by atoms with Crippen molar-refractivity contribution in [2.75, 3.05) is 45.2 Å². The smallest absolute Gasteiger partial charge is 0.163 e. The highest BCUT2D eigenvalue weighted by atomic mass is 16.5. The summed E-state index contributed by atoms with van der Waals surface area (Å²) in [4.78, 5) is 14.1. The van der Waals surface area contributed by atoms with Crippen LogP contribution in [0.2, 0.25) is 0 Å². The number of nitrogens with one attached hydrogen (secondary N) is 1. The molecule has 5 rings (SSSR count). The van der Waals surface area contributed by atoms with Gasteiger partial charge < -0.3 is 14.5 Å². The second-order valence-electron chi connectivity index (χ2n) is 7.57. The number of nitrogens with zero attached hydrogens (tertiary/aromatic N) is 5. The van der Waals surface area contributed by atoms with Crippen LogP contribution in [0.5, 0.6) is 5.75 Å². The van der Waals surface area contributed by atoms with Crippen molar-refractivity contribution in [2.45, 2.75) is 0 Å². The van der Waals surface area contributed by atoms with E-state index in [1.807, 2.05) is 24.3 Å². The molecule has 30 heavy (non-hydrogen) atoms. The standard InChI is InChI=1S/C23H24N6O/c1-28-11-13-29(14-12-28)17-9-7-16(8-10-17)21-22-19(26-27-21)15-24-23(25-22)18-5-3-4-6-20(18)30-2/h3-10,15H,11-14H2,1-2H3,(H,26,27). The minimum absolute atomic E-state index is 0.622. The van der Waals surface area contributed by atoms with Gasteiger partial charge in [0.15, 0.2) is 5.82 Å². The number of rotatable bonds is 4. The van der Waals surface area contributed by atoms with Crippen LogP contribution in [0.15, 0.2) is 54.7 Å². The quantitative estimate of drug-likeness (QED) is 0.566. The summed E-state index contributed by atoms with van der Waals surface area (Å²) in [5.41, 5.74) is 5.58. The molecule has 1 N–H and O–H groups in total. The highest BCUT2D eigenvalue weighted by molar-refractivity contribution is 5.90. The molecule has 0 saturated carbocycles. The number of hydrogen-bond donors (Lipinski definition) is 1. The van der Waals surface area contributed by atoms with Gasteiger partial charge in [0.05, 0.1) is 18.9 Å². The summed E-state index contributed by atoms with van der Waals surface area (Å²) in [6.45, 7) is 4.29. The molecule has 0 amide bonds. The number of methoxy groups -OCH3 is 1. The van der Waals surface area contributed by atoms with Gasteiger partial charge in [0, 0.05) is 37.4 Å². The zero-order valence-electron chi connectivity index (χ0n) is 17.2. The topological polar surface area (TPSA) is 70.2 Å². The molecule has 1 aliphatic rings. The molecule has 0 spiro atoms. The number of aromatic nitrogens is 4. The molecule has 152 valence electrons. The van der Waals surface area contributed by atoms with Crippen LogP contribution in [0, 0.1) is 0 Å². The first kappa shape index (κ1) is 18.6. The van der Waals surface area contributed by atoms with Crippen molar-refractivity contribution in [1.82, 2.24) is 25.1 Å². The van der Waals surface area contributed by atoms with Gasteiger partial charge in [0.2, 0.25) is 0 Å². The normalized spacial score (nSPS) is 14.9. The lowest BCUT2D eigenvalue weighted by Gasteiger charge is -2.34. The molecular weight excluding hydrogens is 376 g/mol. The van der Waals surface area contributed by atoms with Crippen LogP contribution in [-0.2, 0) is 0 Å². The van der Waals surface area contributed by atoms with E-state index in [1.54, 1.807) is 13.3 Å². The predicted octanol–water partition coefficient (Wildman–Crippen LogP) is 3.45. The van der Waals surface area contributed by atoms with E-state index in [-0.39, 0.29) is 0 Å². The SMILES string of the molecule is COc1ccccc1-c1ncc2[nH]nc(-c3ccc(N4CCN(C)CC4)cc3)c2n1. The predicted molar refractivity (Wildman–Crippen MR) is 119 cm³/mol. The lowest BCUT2D eigenvalue weighted by Crippen LogP contribution is -2.44. The zero-order valence-corrected chi connectivity index (χ0v) is 17.2. The maximum absolute atomic E-state index is 5.47. The van der Waals surface area contributed by atoms with Crippen molar-refractivity contribution >= 4 is 16.7 Å². The van der Waals surface area contributed by atoms with E-state index in [1.165, 1.54) is 5.69 Å². The number of H-pyrrole nitrogens is 1. The van der Waals surface area contributed by atoms with Crippen LogP contribution in [0.1, 0.15) is 0 Å². The third kappa shape index (κ3) is 3.37. The van der Waals surface area contributed by atoms with Gasteiger partial charge in [-0.15, -0.1) is 0 Å². The number of benzene rings is 2. The van der Waals surface area contributed by atoms with E-state index in [9.17, 15) is 0 Å². The van der Waals surface area contributed by atoms with Gasteiger partial charge in [0.1, 0.15) is 22.5 Å². The number of piperazine rings is 1. The number of ether oxygens (including phenoxy) is 1. The molecule has 1 saturated heterocycles. The van der Waals surface area contributed by atoms with Gasteiger partial charge in [-0.3, -0.25) is 5.10 Å². The molecular formula is C23H24N6O. The molecule has 0 unspecified atom stereocenters. The third-order valence-electron chi connectivity index (χ3n) is 5.66. The summed E-state index contributed by atoms with van der Waals surface area (Å²) in [5, 5.41) is 7.57. The van der Waals surface area contributed by atoms with Gasteiger partial charge in [0.25, 0.3) is 0 Å². The Hall–Kier alpha value is -3.45. The van der Waals surface area contributed by atoms with Crippen LogP contribution in [0.25, 0.3) is 33.7 Å². The minimum Gasteiger partial charge on any atom is -0.496 e. The Bertz CT molecular complexity index is 1160. The second kappa shape index (κ2) is 7.76. The zero-order chi connectivity index (χ0) is 20.5. The van der Waals surface area contributed by atoms with Crippen LogP contribution >= 0.6 is 0 Å². The van der Waals surface area contributed by atoms with E-state index < -0.39 is 0 Å². The number of para-hydroxylation sites is 1. The first-order chi connectivity index (χ1) is 14.7. The Labute approximate surface area is 175 Å². The average molecular weight is 400 g/mol. The Morgan fingerprint density at radius 3 is 2.50 bits per heavy atom. The second-order valence-corrected chi connectivity index (χ2v) is 7.57. The summed E-state index contributed by atoms with van der Waals surface area (Å²) < 4.78 is 5.47. The summed E-state index contributed by atoms with van der Waals surface area (Å²) in [7, 11) is 3.83. The lowest BCUT2D eigenvalue weighted by atomic mass is 10.1. The molecule has 2 aromatic heterocycles. The van der Waals surface area contributed by atoms with Gasteiger partial charge >= 0.3 is 0 Å². The molecule has 7 heteroatoms. The van der Waals surface area contributed by atoms with Crippen molar-refractivity contribution < 1.29 is 4.74 Å². The largest absolute Gasteiger partial charge is 0.496 e. The first-order valence-corrected chi connectivity index (χ1v) is 10.1. The van der Waals surface area contributed by atoms with Crippen molar-refractivity contribution in [1.29, 1.82) is 0 Å². The fourth-order valence-electron chi connectivity index (χ4n) is 3.87. The van der Waals surface area contributed by atoms with Crippen LogP contribution < -0.4 is 9.64 Å². The molecule has 0 atom stereocenters. The summed E-state index contributed by atoms with van der Waals surface area (Å²) in [6, 6.07) is 16.3. The number of likely N-dealkylation sites (N-methyl/N-ethyl adjacent to an activating group) is 1. The fraction of sp³-hybridized carbons (Fsp3) is 0.261. The molecule has 1 fully saturated rings. The van der Waals surface area contributed by atoms with E-state index >= 15 is 0 Å². The molecule has 2 aromatic carbocycles. The molecule has 0 radical (unpaired) electrons. The van der Waals surface area contributed by atoms with Gasteiger partial charge in [-0.25, -0.2) is 9.97 Å². The Balaban J connectivity index is 1.49. The van der Waals surface area contributed by atoms with Crippen LogP contribution in [-0.4, -0.2) is 65.4 Å². The number of aromatic amines is 1. The number of hydrogen-bond acceptors (Lipinski definition) is 6. The summed E-state index contributed by atoms with van der Waals surface area (Å²) in [5.74, 6) is 1.37. The molecule has 1 aliphatic heterocycles. The van der Waals surface area contributed by atoms with Crippen molar-refractivity contribution in [3.8, 4) is 28.4 Å². The Morgan fingerprint density at radius 1 is 0.967 bits per heavy atom. The van der Waals surface area contributed by atoms with E-state index in [0.29, 0.717) is 5.82 Å². The van der Waals surface area contributed by atoms with Crippen molar-refractivity contribution in [3.63, 3.8) is 0 Å². The first-order valence-electron chi connectivity index (χ1n) is 10.1. The molecule has 0 bridgehead atoms. The molecule has 0 aliphatic carbocycles. The third-order valence-corrected chi connectivity index (χ3v) is 5.66. The minimum atomic E-state index is 0.622. The van der Waals surface area contributed by atoms with Crippen LogP contribution in [0.4, 0.5) is 5.69 Å². The summed E-state index contributed by atoms with van der Waals surface area (Å²) >= 11 is 0. The van der Waals surface area contributed by atoms with Crippen molar-refractivity contribution in [2.24, 2.45) is 0 Å². The van der Waals surface area contributed by atoms with E-state index in [0.717, 1.165) is 59.8 Å². The van der Waals surface area contributed by atoms with E-state index in [4.69, 9.17) is 9.72 Å². The monoisotopic (exact) mass is 400 g/mol. The fourth-order valence-corrected chi connectivity index (χ4v) is 3.87. The summed E-state index contributed by atoms with van der Waals surface area (Å²) in [6.07, 6.45) is 1.78. The maximum Gasteiger partial charge on any atom is 0.163 e. The molecule has 3 heterocycles. The van der Waals surface area contributed by atoms with Gasteiger partial charge in [-0.1, -0.05) is 24.3 Å². The lowest BCUT2D eigenvalue weighted by molar-refractivity contribution is 0.313. The number of anilines is 1. The number of fused-ring (bicyclic) bond motifs is 1. The molecule has 7 nitrogen and oxygen atoms in total.